The monoisotopic (exact) mass is 275 g/mol. The van der Waals surface area contributed by atoms with Crippen LogP contribution in [0, 0.1) is 12.8 Å². The summed E-state index contributed by atoms with van der Waals surface area (Å²) in [7, 11) is 0. The van der Waals surface area contributed by atoms with Crippen molar-refractivity contribution in [2.24, 2.45) is 11.7 Å². The minimum atomic E-state index is -0.375. The average Bonchev–Trinajstić information content (AvgIpc) is 2.47. The van der Waals surface area contributed by atoms with Crippen molar-refractivity contribution >= 4 is 5.91 Å². The third-order valence-corrected chi connectivity index (χ3v) is 4.24. The van der Waals surface area contributed by atoms with Gasteiger partial charge in [0, 0.05) is 18.9 Å². The minimum absolute atomic E-state index is 0.0354. The summed E-state index contributed by atoms with van der Waals surface area (Å²) in [5, 5.41) is 2.94. The molecule has 1 heterocycles. The predicted molar refractivity (Wildman–Crippen MR) is 80.0 cm³/mol. The van der Waals surface area contributed by atoms with Gasteiger partial charge in [-0.25, -0.2) is 0 Å². The summed E-state index contributed by atoms with van der Waals surface area (Å²) in [4.78, 5) is 16.1. The average molecular weight is 275 g/mol. The third kappa shape index (κ3) is 4.30. The number of aromatic nitrogens is 1. The molecule has 1 amide bonds. The van der Waals surface area contributed by atoms with Crippen LogP contribution >= 0.6 is 0 Å². The van der Waals surface area contributed by atoms with Crippen LogP contribution in [0.5, 0.6) is 0 Å². The SMILES string of the molecule is Cc1cnccc1CNC(=O)C(N)CC1CCCCC1. The van der Waals surface area contributed by atoms with Crippen molar-refractivity contribution in [3.05, 3.63) is 29.6 Å². The molecule has 0 bridgehead atoms. The fourth-order valence-corrected chi connectivity index (χ4v) is 2.90. The lowest BCUT2D eigenvalue weighted by atomic mass is 9.85. The Morgan fingerprint density at radius 2 is 2.20 bits per heavy atom. The molecule has 1 saturated carbocycles. The van der Waals surface area contributed by atoms with Crippen molar-refractivity contribution in [2.45, 2.75) is 58.0 Å². The summed E-state index contributed by atoms with van der Waals surface area (Å²) in [6.07, 6.45) is 10.7. The predicted octanol–water partition coefficient (Wildman–Crippen LogP) is 2.30. The molecule has 1 aliphatic rings. The summed E-state index contributed by atoms with van der Waals surface area (Å²) >= 11 is 0. The Morgan fingerprint density at radius 3 is 2.90 bits per heavy atom. The molecule has 4 nitrogen and oxygen atoms in total. The molecule has 0 aliphatic heterocycles. The lowest BCUT2D eigenvalue weighted by Gasteiger charge is -2.24. The Bertz CT molecular complexity index is 441. The molecular weight excluding hydrogens is 250 g/mol. The fourth-order valence-electron chi connectivity index (χ4n) is 2.90. The van der Waals surface area contributed by atoms with E-state index in [9.17, 15) is 4.79 Å². The van der Waals surface area contributed by atoms with Gasteiger partial charge in [-0.05, 0) is 36.5 Å². The van der Waals surface area contributed by atoms with Crippen molar-refractivity contribution in [1.82, 2.24) is 10.3 Å². The van der Waals surface area contributed by atoms with Crippen molar-refractivity contribution in [1.29, 1.82) is 0 Å². The smallest absolute Gasteiger partial charge is 0.237 e. The number of rotatable bonds is 5. The molecule has 0 radical (unpaired) electrons. The summed E-state index contributed by atoms with van der Waals surface area (Å²) in [6.45, 7) is 2.53. The fraction of sp³-hybridized carbons (Fsp3) is 0.625. The largest absolute Gasteiger partial charge is 0.351 e. The number of pyridine rings is 1. The first kappa shape index (κ1) is 15.0. The molecule has 1 aromatic rings. The zero-order valence-electron chi connectivity index (χ0n) is 12.3. The van der Waals surface area contributed by atoms with Crippen molar-refractivity contribution < 1.29 is 4.79 Å². The van der Waals surface area contributed by atoms with Crippen LogP contribution < -0.4 is 11.1 Å². The van der Waals surface area contributed by atoms with E-state index in [1.54, 1.807) is 6.20 Å². The van der Waals surface area contributed by atoms with Crippen LogP contribution in [0.1, 0.15) is 49.7 Å². The van der Waals surface area contributed by atoms with E-state index in [1.165, 1.54) is 32.1 Å². The van der Waals surface area contributed by atoms with E-state index in [1.807, 2.05) is 19.2 Å². The maximum atomic E-state index is 12.0. The number of hydrogen-bond acceptors (Lipinski definition) is 3. The maximum Gasteiger partial charge on any atom is 0.237 e. The van der Waals surface area contributed by atoms with Gasteiger partial charge in [0.2, 0.25) is 5.91 Å². The molecule has 3 N–H and O–H groups in total. The highest BCUT2D eigenvalue weighted by Crippen LogP contribution is 2.26. The van der Waals surface area contributed by atoms with E-state index in [0.29, 0.717) is 12.5 Å². The number of carbonyl (C=O) groups excluding carboxylic acids is 1. The first-order valence-corrected chi connectivity index (χ1v) is 7.59. The summed E-state index contributed by atoms with van der Waals surface area (Å²) in [5.74, 6) is 0.596. The van der Waals surface area contributed by atoms with E-state index in [4.69, 9.17) is 5.73 Å². The highest BCUT2D eigenvalue weighted by molar-refractivity contribution is 5.81. The van der Waals surface area contributed by atoms with Crippen LogP contribution in [0.25, 0.3) is 0 Å². The summed E-state index contributed by atoms with van der Waals surface area (Å²) in [5.41, 5.74) is 8.21. The van der Waals surface area contributed by atoms with Crippen LogP contribution in [0.15, 0.2) is 18.5 Å². The summed E-state index contributed by atoms with van der Waals surface area (Å²) in [6, 6.07) is 1.56. The molecule has 1 aromatic heterocycles. The third-order valence-electron chi connectivity index (χ3n) is 4.24. The number of amides is 1. The topological polar surface area (TPSA) is 68.0 Å². The van der Waals surface area contributed by atoms with Gasteiger partial charge in [0.1, 0.15) is 0 Å². The van der Waals surface area contributed by atoms with Gasteiger partial charge in [-0.15, -0.1) is 0 Å². The Morgan fingerprint density at radius 1 is 1.45 bits per heavy atom. The number of hydrogen-bond donors (Lipinski definition) is 2. The second-order valence-corrected chi connectivity index (χ2v) is 5.87. The molecule has 0 aromatic carbocycles. The molecule has 1 unspecified atom stereocenters. The standard InChI is InChI=1S/C16H25N3O/c1-12-10-18-8-7-14(12)11-19-16(20)15(17)9-13-5-3-2-4-6-13/h7-8,10,13,15H,2-6,9,11,17H2,1H3,(H,19,20). The number of nitrogens with zero attached hydrogens (tertiary/aromatic N) is 1. The van der Waals surface area contributed by atoms with Gasteiger partial charge in [0.25, 0.3) is 0 Å². The van der Waals surface area contributed by atoms with Gasteiger partial charge < -0.3 is 11.1 Å². The highest BCUT2D eigenvalue weighted by atomic mass is 16.2. The molecule has 1 atom stereocenters. The number of carbonyl (C=O) groups is 1. The Kier molecular flexibility index (Phi) is 5.53. The normalized spacial score (nSPS) is 17.7. The van der Waals surface area contributed by atoms with E-state index in [0.717, 1.165) is 17.5 Å². The van der Waals surface area contributed by atoms with E-state index in [2.05, 4.69) is 10.3 Å². The molecule has 4 heteroatoms. The van der Waals surface area contributed by atoms with Gasteiger partial charge in [0.15, 0.2) is 0 Å². The first-order chi connectivity index (χ1) is 9.66. The molecule has 20 heavy (non-hydrogen) atoms. The van der Waals surface area contributed by atoms with Crippen molar-refractivity contribution in [3.63, 3.8) is 0 Å². The van der Waals surface area contributed by atoms with Crippen LogP contribution in [0.2, 0.25) is 0 Å². The van der Waals surface area contributed by atoms with Gasteiger partial charge in [-0.3, -0.25) is 9.78 Å². The van der Waals surface area contributed by atoms with Crippen LogP contribution in [0.3, 0.4) is 0 Å². The summed E-state index contributed by atoms with van der Waals surface area (Å²) < 4.78 is 0. The zero-order chi connectivity index (χ0) is 14.4. The maximum absolute atomic E-state index is 12.0. The molecule has 0 spiro atoms. The number of nitrogens with one attached hydrogen (secondary N) is 1. The van der Waals surface area contributed by atoms with Crippen molar-refractivity contribution in [2.75, 3.05) is 0 Å². The first-order valence-electron chi connectivity index (χ1n) is 7.59. The lowest BCUT2D eigenvalue weighted by Crippen LogP contribution is -2.41. The Labute approximate surface area is 121 Å². The molecule has 1 fully saturated rings. The van der Waals surface area contributed by atoms with Gasteiger partial charge >= 0.3 is 0 Å². The molecule has 0 saturated heterocycles. The Balaban J connectivity index is 1.77. The molecular formula is C16H25N3O. The second kappa shape index (κ2) is 7.39. The Hall–Kier alpha value is -1.42. The number of aryl methyl sites for hydroxylation is 1. The molecule has 110 valence electrons. The van der Waals surface area contributed by atoms with Crippen LogP contribution in [-0.4, -0.2) is 16.9 Å². The van der Waals surface area contributed by atoms with E-state index in [-0.39, 0.29) is 11.9 Å². The van der Waals surface area contributed by atoms with Gasteiger partial charge in [0.05, 0.1) is 6.04 Å². The van der Waals surface area contributed by atoms with E-state index >= 15 is 0 Å². The van der Waals surface area contributed by atoms with E-state index < -0.39 is 0 Å². The van der Waals surface area contributed by atoms with Crippen molar-refractivity contribution in [3.8, 4) is 0 Å². The molecule has 2 rings (SSSR count). The zero-order valence-corrected chi connectivity index (χ0v) is 12.3. The number of nitrogens with two attached hydrogens (primary N) is 1. The minimum Gasteiger partial charge on any atom is -0.351 e. The van der Waals surface area contributed by atoms with Gasteiger partial charge in [-0.1, -0.05) is 32.1 Å². The second-order valence-electron chi connectivity index (χ2n) is 5.87. The highest BCUT2D eigenvalue weighted by Gasteiger charge is 2.21. The van der Waals surface area contributed by atoms with Crippen LogP contribution in [-0.2, 0) is 11.3 Å². The quantitative estimate of drug-likeness (QED) is 0.866. The lowest BCUT2D eigenvalue weighted by molar-refractivity contribution is -0.123. The molecule has 1 aliphatic carbocycles. The van der Waals surface area contributed by atoms with Crippen LogP contribution in [0.4, 0.5) is 0 Å². The van der Waals surface area contributed by atoms with Gasteiger partial charge in [-0.2, -0.15) is 0 Å².